The fraction of sp³-hybridized carbons (Fsp3) is 0.500. The molecule has 1 aromatic carbocycles. The minimum absolute atomic E-state index is 0.0825. The number of carbonyl (C=O) groups is 4. The molecule has 0 bridgehead atoms. The van der Waals surface area contributed by atoms with Crippen molar-refractivity contribution in [2.24, 2.45) is 11.7 Å². The first-order valence-electron chi connectivity index (χ1n) is 11.5. The molecule has 1 aromatic heterocycles. The Bertz CT molecular complexity index is 1020. The van der Waals surface area contributed by atoms with E-state index >= 15 is 0 Å². The van der Waals surface area contributed by atoms with Crippen LogP contribution in [0.25, 0.3) is 10.9 Å². The lowest BCUT2D eigenvalue weighted by Crippen LogP contribution is -2.54. The molecule has 2 rings (SSSR count). The van der Waals surface area contributed by atoms with Gasteiger partial charge in [0.15, 0.2) is 0 Å². The minimum atomic E-state index is -1.18. The maximum atomic E-state index is 12.7. The molecule has 1 heterocycles. The highest BCUT2D eigenvalue weighted by Gasteiger charge is 2.26. The number of aliphatic carboxylic acids is 1. The van der Waals surface area contributed by atoms with Crippen molar-refractivity contribution in [3.8, 4) is 0 Å². The zero-order valence-corrected chi connectivity index (χ0v) is 21.1. The third kappa shape index (κ3) is 8.91. The number of rotatable bonds is 14. The number of aromatic amines is 1. The molecule has 0 spiro atoms. The normalized spacial score (nSPS) is 13.7. The van der Waals surface area contributed by atoms with E-state index in [0.29, 0.717) is 18.6 Å². The number of hydrogen-bond donors (Lipinski definition) is 6. The quantitative estimate of drug-likeness (QED) is 0.223. The van der Waals surface area contributed by atoms with Gasteiger partial charge in [0, 0.05) is 23.5 Å². The van der Waals surface area contributed by atoms with Gasteiger partial charge in [-0.25, -0.2) is 4.79 Å². The van der Waals surface area contributed by atoms with Crippen LogP contribution in [0.1, 0.15) is 32.3 Å². The number of H-pyrrole nitrogens is 1. The first-order chi connectivity index (χ1) is 16.6. The summed E-state index contributed by atoms with van der Waals surface area (Å²) in [5, 5.41) is 18.1. The van der Waals surface area contributed by atoms with Crippen LogP contribution in [-0.4, -0.2) is 70.5 Å². The topological polar surface area (TPSA) is 166 Å². The summed E-state index contributed by atoms with van der Waals surface area (Å²) < 4.78 is 0. The lowest BCUT2D eigenvalue weighted by molar-refractivity contribution is -0.141. The van der Waals surface area contributed by atoms with Crippen LogP contribution in [0.3, 0.4) is 0 Å². The van der Waals surface area contributed by atoms with E-state index in [9.17, 15) is 24.3 Å². The Kier molecular flexibility index (Phi) is 11.1. The number of fused-ring (bicyclic) bond motifs is 1. The molecule has 11 heteroatoms. The molecular weight excluding hydrogens is 470 g/mol. The summed E-state index contributed by atoms with van der Waals surface area (Å²) in [7, 11) is 0. The number of thioether (sulfide) groups is 1. The molecule has 0 aliphatic rings. The summed E-state index contributed by atoms with van der Waals surface area (Å²) in [5.74, 6) is -1.92. The molecule has 192 valence electrons. The Morgan fingerprint density at radius 2 is 1.80 bits per heavy atom. The van der Waals surface area contributed by atoms with Crippen molar-refractivity contribution in [3.05, 3.63) is 36.0 Å². The second-order valence-electron chi connectivity index (χ2n) is 8.82. The zero-order valence-electron chi connectivity index (χ0n) is 20.3. The molecular formula is C24H35N5O5S. The van der Waals surface area contributed by atoms with E-state index in [-0.39, 0.29) is 12.3 Å². The number of para-hydroxylation sites is 1. The molecule has 10 nitrogen and oxygen atoms in total. The highest BCUT2D eigenvalue weighted by molar-refractivity contribution is 7.98. The van der Waals surface area contributed by atoms with Gasteiger partial charge in [0.05, 0.1) is 12.6 Å². The van der Waals surface area contributed by atoms with Crippen LogP contribution in [0, 0.1) is 5.92 Å². The van der Waals surface area contributed by atoms with Gasteiger partial charge in [-0.05, 0) is 42.4 Å². The number of carbonyl (C=O) groups excluding carboxylic acids is 3. The zero-order chi connectivity index (χ0) is 26.0. The Hall–Kier alpha value is -3.05. The average Bonchev–Trinajstić information content (AvgIpc) is 3.21. The fourth-order valence-corrected chi connectivity index (χ4v) is 4.13. The minimum Gasteiger partial charge on any atom is -0.480 e. The van der Waals surface area contributed by atoms with Crippen LogP contribution in [0.5, 0.6) is 0 Å². The van der Waals surface area contributed by atoms with Crippen molar-refractivity contribution in [2.75, 3.05) is 18.6 Å². The molecule has 0 saturated heterocycles. The van der Waals surface area contributed by atoms with Crippen molar-refractivity contribution in [1.29, 1.82) is 0 Å². The highest BCUT2D eigenvalue weighted by Crippen LogP contribution is 2.19. The van der Waals surface area contributed by atoms with Gasteiger partial charge in [-0.2, -0.15) is 11.8 Å². The lowest BCUT2D eigenvalue weighted by Gasteiger charge is -2.21. The molecule has 0 aliphatic carbocycles. The third-order valence-electron chi connectivity index (χ3n) is 5.46. The van der Waals surface area contributed by atoms with Crippen molar-refractivity contribution in [2.45, 2.75) is 51.2 Å². The number of carboxylic acids is 1. The second-order valence-corrected chi connectivity index (χ2v) is 9.80. The van der Waals surface area contributed by atoms with E-state index in [1.165, 1.54) is 11.8 Å². The summed E-state index contributed by atoms with van der Waals surface area (Å²) in [5.41, 5.74) is 7.55. The lowest BCUT2D eigenvalue weighted by atomic mass is 10.0. The van der Waals surface area contributed by atoms with E-state index in [1.54, 1.807) is 6.20 Å². The largest absolute Gasteiger partial charge is 0.480 e. The van der Waals surface area contributed by atoms with Crippen LogP contribution in [0.2, 0.25) is 0 Å². The molecule has 0 saturated carbocycles. The van der Waals surface area contributed by atoms with Gasteiger partial charge >= 0.3 is 5.97 Å². The summed E-state index contributed by atoms with van der Waals surface area (Å²) in [6.07, 6.45) is 4.54. The molecule has 3 unspecified atom stereocenters. The van der Waals surface area contributed by atoms with Gasteiger partial charge in [0.25, 0.3) is 0 Å². The molecule has 7 N–H and O–H groups in total. The maximum absolute atomic E-state index is 12.7. The SMILES string of the molecule is CSCCC(NC(=O)C(N)CC(C)C)C(=O)NCC(=O)NC(Cc1c[nH]c2ccccc12)C(=O)O. The summed E-state index contributed by atoms with van der Waals surface area (Å²) in [6.45, 7) is 3.49. The van der Waals surface area contributed by atoms with Crippen molar-refractivity contribution in [3.63, 3.8) is 0 Å². The predicted molar refractivity (Wildman–Crippen MR) is 137 cm³/mol. The predicted octanol–water partition coefficient (Wildman–Crippen LogP) is 1.01. The molecule has 3 amide bonds. The van der Waals surface area contributed by atoms with E-state index in [4.69, 9.17) is 5.73 Å². The molecule has 35 heavy (non-hydrogen) atoms. The van der Waals surface area contributed by atoms with E-state index < -0.39 is 48.4 Å². The summed E-state index contributed by atoms with van der Waals surface area (Å²) in [4.78, 5) is 52.3. The van der Waals surface area contributed by atoms with Crippen LogP contribution in [0.15, 0.2) is 30.5 Å². The van der Waals surface area contributed by atoms with Gasteiger partial charge in [0.1, 0.15) is 12.1 Å². The number of nitrogens with one attached hydrogen (secondary N) is 4. The number of hydrogen-bond acceptors (Lipinski definition) is 6. The molecule has 0 radical (unpaired) electrons. The van der Waals surface area contributed by atoms with Crippen molar-refractivity contribution in [1.82, 2.24) is 20.9 Å². The first kappa shape index (κ1) is 28.2. The van der Waals surface area contributed by atoms with Crippen LogP contribution >= 0.6 is 11.8 Å². The van der Waals surface area contributed by atoms with E-state index in [2.05, 4.69) is 20.9 Å². The third-order valence-corrected chi connectivity index (χ3v) is 6.11. The van der Waals surface area contributed by atoms with Gasteiger partial charge < -0.3 is 31.8 Å². The van der Waals surface area contributed by atoms with E-state index in [0.717, 1.165) is 16.5 Å². The molecule has 2 aromatic rings. The number of amides is 3. The van der Waals surface area contributed by atoms with Crippen LogP contribution in [0.4, 0.5) is 0 Å². The maximum Gasteiger partial charge on any atom is 0.326 e. The number of nitrogens with two attached hydrogens (primary N) is 1. The molecule has 0 aliphatic heterocycles. The number of carboxylic acid groups (broad SMARTS) is 1. The molecule has 0 fully saturated rings. The van der Waals surface area contributed by atoms with Gasteiger partial charge in [-0.3, -0.25) is 14.4 Å². The van der Waals surface area contributed by atoms with Crippen molar-refractivity contribution >= 4 is 46.4 Å². The average molecular weight is 506 g/mol. The fourth-order valence-electron chi connectivity index (χ4n) is 3.65. The van der Waals surface area contributed by atoms with Gasteiger partial charge in [-0.1, -0.05) is 32.0 Å². The van der Waals surface area contributed by atoms with Gasteiger partial charge in [-0.15, -0.1) is 0 Å². The standard InChI is InChI=1S/C24H35N5O5S/c1-14(2)10-17(25)22(31)29-19(8-9-35-3)23(32)27-13-21(30)28-20(24(33)34)11-15-12-26-18-7-5-4-6-16(15)18/h4-7,12,14,17,19-20,26H,8-11,13,25H2,1-3H3,(H,27,32)(H,28,30)(H,29,31)(H,33,34). The Labute approximate surface area is 209 Å². The summed E-state index contributed by atoms with van der Waals surface area (Å²) >= 11 is 1.52. The van der Waals surface area contributed by atoms with Crippen LogP contribution < -0.4 is 21.7 Å². The van der Waals surface area contributed by atoms with E-state index in [1.807, 2.05) is 44.4 Å². The van der Waals surface area contributed by atoms with Gasteiger partial charge in [0.2, 0.25) is 17.7 Å². The van der Waals surface area contributed by atoms with Crippen molar-refractivity contribution < 1.29 is 24.3 Å². The Balaban J connectivity index is 1.94. The Morgan fingerprint density at radius 3 is 2.46 bits per heavy atom. The second kappa shape index (κ2) is 13.7. The smallest absolute Gasteiger partial charge is 0.326 e. The number of aromatic nitrogens is 1. The Morgan fingerprint density at radius 1 is 1.09 bits per heavy atom. The number of benzene rings is 1. The first-order valence-corrected chi connectivity index (χ1v) is 12.9. The van der Waals surface area contributed by atoms with Crippen LogP contribution in [-0.2, 0) is 25.6 Å². The highest BCUT2D eigenvalue weighted by atomic mass is 32.2. The molecule has 3 atom stereocenters. The summed E-state index contributed by atoms with van der Waals surface area (Å²) in [6, 6.07) is 4.73. The monoisotopic (exact) mass is 505 g/mol.